The van der Waals surface area contributed by atoms with Crippen LogP contribution in [0.5, 0.6) is 0 Å². The lowest BCUT2D eigenvalue weighted by atomic mass is 10.3. The van der Waals surface area contributed by atoms with Gasteiger partial charge in [-0.05, 0) is 20.2 Å². The Morgan fingerprint density at radius 1 is 1.13 bits per heavy atom. The van der Waals surface area contributed by atoms with Gasteiger partial charge >= 0.3 is 0 Å². The van der Waals surface area contributed by atoms with E-state index in [0.29, 0.717) is 0 Å². The maximum atomic E-state index is 3.94. The van der Waals surface area contributed by atoms with E-state index in [1.807, 2.05) is 33.0 Å². The summed E-state index contributed by atoms with van der Waals surface area (Å²) in [5.41, 5.74) is 1.02. The molecule has 0 bridgehead atoms. The molecule has 0 saturated heterocycles. The molecule has 0 aliphatic carbocycles. The predicted octanol–water partition coefficient (Wildman–Crippen LogP) is 2.76. The molecule has 0 aromatic rings. The topological polar surface area (TPSA) is 6.48 Å². The monoisotopic (exact) mass is 210 g/mol. The lowest BCUT2D eigenvalue weighted by molar-refractivity contribution is 0.331. The maximum absolute atomic E-state index is 3.94. The molecule has 0 aliphatic rings. The van der Waals surface area contributed by atoms with Gasteiger partial charge in [0.1, 0.15) is 0 Å². The molecule has 0 spiro atoms. The number of rotatable bonds is 6. The molecular weight excluding hydrogens is 184 g/mol. The van der Waals surface area contributed by atoms with E-state index in [4.69, 9.17) is 0 Å². The molecule has 0 aliphatic heterocycles. The van der Waals surface area contributed by atoms with Crippen LogP contribution in [0.2, 0.25) is 0 Å². The zero-order chi connectivity index (χ0) is 12.3. The maximum Gasteiger partial charge on any atom is 0.0302 e. The van der Waals surface area contributed by atoms with Crippen LogP contribution in [-0.2, 0) is 0 Å². The van der Waals surface area contributed by atoms with Crippen molar-refractivity contribution < 1.29 is 0 Å². The second-order valence-electron chi connectivity index (χ2n) is 3.31. The molecule has 0 N–H and O–H groups in total. The van der Waals surface area contributed by atoms with E-state index in [1.54, 1.807) is 6.08 Å². The van der Waals surface area contributed by atoms with Crippen molar-refractivity contribution in [3.63, 3.8) is 0 Å². The van der Waals surface area contributed by atoms with Crippen LogP contribution < -0.4 is 0 Å². The largest absolute Gasteiger partial charge is 0.374 e. The third-order valence-corrected chi connectivity index (χ3v) is 1.80. The normalized spacial score (nSPS) is 9.73. The summed E-state index contributed by atoms with van der Waals surface area (Å²) in [5, 5.41) is 0. The predicted molar refractivity (Wildman–Crippen MR) is 71.0 cm³/mol. The SMILES string of the molecule is C=C/C=C\C(=C)N(C)CCN(C)C.CC. The Hall–Kier alpha value is -1.02. The van der Waals surface area contributed by atoms with Crippen molar-refractivity contribution in [1.82, 2.24) is 9.80 Å². The minimum Gasteiger partial charge on any atom is -0.374 e. The smallest absolute Gasteiger partial charge is 0.0302 e. The standard InChI is InChI=1S/C11H20N2.C2H6/c1-6-7-8-11(2)13(5)10-9-12(3)4;1-2/h6-8H,1-2,9-10H2,3-5H3;1-2H3/b8-7-;. The molecule has 2 heteroatoms. The van der Waals surface area contributed by atoms with Crippen molar-refractivity contribution in [3.8, 4) is 0 Å². The highest BCUT2D eigenvalue weighted by Gasteiger charge is 1.98. The molecule has 88 valence electrons. The first-order valence-electron chi connectivity index (χ1n) is 5.41. The zero-order valence-corrected chi connectivity index (χ0v) is 11.0. The average molecular weight is 210 g/mol. The van der Waals surface area contributed by atoms with E-state index in [-0.39, 0.29) is 0 Å². The summed E-state index contributed by atoms with van der Waals surface area (Å²) in [6.07, 6.45) is 5.61. The van der Waals surface area contributed by atoms with Gasteiger partial charge in [-0.25, -0.2) is 0 Å². The molecule has 0 aromatic heterocycles. The third-order valence-electron chi connectivity index (χ3n) is 1.80. The second-order valence-corrected chi connectivity index (χ2v) is 3.31. The van der Waals surface area contributed by atoms with Crippen molar-refractivity contribution in [2.75, 3.05) is 34.2 Å². The lowest BCUT2D eigenvalue weighted by Gasteiger charge is -2.21. The minimum absolute atomic E-state index is 0.993. The Morgan fingerprint density at radius 2 is 1.67 bits per heavy atom. The van der Waals surface area contributed by atoms with E-state index < -0.39 is 0 Å². The van der Waals surface area contributed by atoms with E-state index >= 15 is 0 Å². The van der Waals surface area contributed by atoms with Gasteiger partial charge in [0.05, 0.1) is 0 Å². The van der Waals surface area contributed by atoms with Gasteiger partial charge in [-0.2, -0.15) is 0 Å². The van der Waals surface area contributed by atoms with Gasteiger partial charge in [-0.3, -0.25) is 0 Å². The molecular formula is C13H26N2. The zero-order valence-electron chi connectivity index (χ0n) is 11.0. The Bertz CT molecular complexity index is 193. The quantitative estimate of drug-likeness (QED) is 0.622. The fourth-order valence-corrected chi connectivity index (χ4v) is 0.800. The van der Waals surface area contributed by atoms with Crippen LogP contribution in [0.4, 0.5) is 0 Å². The van der Waals surface area contributed by atoms with Crippen molar-refractivity contribution >= 4 is 0 Å². The van der Waals surface area contributed by atoms with E-state index in [9.17, 15) is 0 Å². The van der Waals surface area contributed by atoms with Gasteiger partial charge < -0.3 is 9.80 Å². The van der Waals surface area contributed by atoms with E-state index in [0.717, 1.165) is 18.8 Å². The first-order valence-corrected chi connectivity index (χ1v) is 5.41. The Morgan fingerprint density at radius 3 is 2.07 bits per heavy atom. The van der Waals surface area contributed by atoms with Gasteiger partial charge in [-0.1, -0.05) is 39.2 Å². The summed E-state index contributed by atoms with van der Waals surface area (Å²) in [4.78, 5) is 4.28. The number of likely N-dealkylation sites (N-methyl/N-ethyl adjacent to an activating group) is 2. The first kappa shape index (κ1) is 16.4. The van der Waals surface area contributed by atoms with Crippen LogP contribution in [0.3, 0.4) is 0 Å². The van der Waals surface area contributed by atoms with Crippen LogP contribution >= 0.6 is 0 Å². The highest BCUT2D eigenvalue weighted by atomic mass is 15.2. The Labute approximate surface area is 95.6 Å². The second kappa shape index (κ2) is 11.1. The van der Waals surface area contributed by atoms with Gasteiger partial charge in [0, 0.05) is 25.8 Å². The van der Waals surface area contributed by atoms with Gasteiger partial charge in [-0.15, -0.1) is 0 Å². The molecule has 0 amide bonds. The summed E-state index contributed by atoms with van der Waals surface area (Å²) in [6, 6.07) is 0. The summed E-state index contributed by atoms with van der Waals surface area (Å²) in [7, 11) is 6.17. The highest BCUT2D eigenvalue weighted by Crippen LogP contribution is 1.99. The van der Waals surface area contributed by atoms with Gasteiger partial charge in [0.2, 0.25) is 0 Å². The number of hydrogen-bond donors (Lipinski definition) is 0. The number of hydrogen-bond acceptors (Lipinski definition) is 2. The van der Waals surface area contributed by atoms with E-state index in [1.165, 1.54) is 0 Å². The summed E-state index contributed by atoms with van der Waals surface area (Å²) < 4.78 is 0. The van der Waals surface area contributed by atoms with Crippen LogP contribution in [0.15, 0.2) is 37.1 Å². The Kier molecular flexibility index (Phi) is 12.1. The summed E-state index contributed by atoms with van der Waals surface area (Å²) in [5.74, 6) is 0. The summed E-state index contributed by atoms with van der Waals surface area (Å²) in [6.45, 7) is 13.6. The number of nitrogens with zero attached hydrogens (tertiary/aromatic N) is 2. The molecule has 15 heavy (non-hydrogen) atoms. The van der Waals surface area contributed by atoms with Crippen LogP contribution in [0.25, 0.3) is 0 Å². The molecule has 0 saturated carbocycles. The summed E-state index contributed by atoms with van der Waals surface area (Å²) >= 11 is 0. The fraction of sp³-hybridized carbons (Fsp3) is 0.538. The van der Waals surface area contributed by atoms with Crippen molar-refractivity contribution in [2.45, 2.75) is 13.8 Å². The average Bonchev–Trinajstić information content (AvgIpc) is 2.25. The first-order chi connectivity index (χ1) is 7.07. The van der Waals surface area contributed by atoms with Crippen LogP contribution in [0.1, 0.15) is 13.8 Å². The third kappa shape index (κ3) is 10.9. The molecule has 0 unspecified atom stereocenters. The molecule has 0 aromatic carbocycles. The van der Waals surface area contributed by atoms with Crippen molar-refractivity contribution in [1.29, 1.82) is 0 Å². The minimum atomic E-state index is 0.993. The molecule has 2 nitrogen and oxygen atoms in total. The van der Waals surface area contributed by atoms with Gasteiger partial charge in [0.15, 0.2) is 0 Å². The fourth-order valence-electron chi connectivity index (χ4n) is 0.800. The van der Waals surface area contributed by atoms with Gasteiger partial charge in [0.25, 0.3) is 0 Å². The molecule has 0 radical (unpaired) electrons. The lowest BCUT2D eigenvalue weighted by Crippen LogP contribution is -2.27. The van der Waals surface area contributed by atoms with Crippen molar-refractivity contribution in [3.05, 3.63) is 37.1 Å². The Balaban J connectivity index is 0. The van der Waals surface area contributed by atoms with Crippen LogP contribution in [-0.4, -0.2) is 44.0 Å². The number of allylic oxidation sites excluding steroid dienone is 3. The molecule has 0 fully saturated rings. The molecule has 0 heterocycles. The van der Waals surface area contributed by atoms with Crippen LogP contribution in [0, 0.1) is 0 Å². The molecule has 0 rings (SSSR count). The van der Waals surface area contributed by atoms with E-state index in [2.05, 4.69) is 37.1 Å². The van der Waals surface area contributed by atoms with Crippen molar-refractivity contribution in [2.24, 2.45) is 0 Å². The molecule has 0 atom stereocenters. The highest BCUT2D eigenvalue weighted by molar-refractivity contribution is 5.16.